The van der Waals surface area contributed by atoms with Crippen LogP contribution in [0.2, 0.25) is 0 Å². The van der Waals surface area contributed by atoms with Crippen molar-refractivity contribution in [3.63, 3.8) is 0 Å². The van der Waals surface area contributed by atoms with Crippen LogP contribution in [-0.4, -0.2) is 31.5 Å². The number of hydrogen-bond donors (Lipinski definition) is 1. The predicted octanol–water partition coefficient (Wildman–Crippen LogP) is -0.751. The van der Waals surface area contributed by atoms with Crippen molar-refractivity contribution in [3.8, 4) is 0 Å². The monoisotopic (exact) mass is 143 g/mol. The molecule has 0 unspecified atom stereocenters. The number of nitrogens with one attached hydrogen (secondary N) is 1. The molecular formula is C6H9NO3. The summed E-state index contributed by atoms with van der Waals surface area (Å²) in [5.41, 5.74) is 0. The van der Waals surface area contributed by atoms with Gasteiger partial charge in [0.25, 0.3) is 0 Å². The van der Waals surface area contributed by atoms with Gasteiger partial charge in [0.15, 0.2) is 5.79 Å². The molecule has 56 valence electrons. The van der Waals surface area contributed by atoms with Gasteiger partial charge in [0.1, 0.15) is 0 Å². The largest absolute Gasteiger partial charge is 0.350 e. The Morgan fingerprint density at radius 3 is 2.60 bits per heavy atom. The van der Waals surface area contributed by atoms with E-state index in [1.54, 1.807) is 0 Å². The summed E-state index contributed by atoms with van der Waals surface area (Å²) in [6.07, 6.45) is 0.354. The molecule has 4 heteroatoms. The third-order valence-corrected chi connectivity index (χ3v) is 1.80. The summed E-state index contributed by atoms with van der Waals surface area (Å²) in [4.78, 5) is 10.7. The Bertz CT molecular complexity index is 162. The standard InChI is InChI=1S/C6H9NO3/c8-5-3-6(4-7-5)9-1-2-10-6/h1-4H2,(H,7,8). The molecule has 0 aromatic rings. The van der Waals surface area contributed by atoms with Gasteiger partial charge in [-0.3, -0.25) is 4.79 Å². The summed E-state index contributed by atoms with van der Waals surface area (Å²) < 4.78 is 10.5. The summed E-state index contributed by atoms with van der Waals surface area (Å²) in [7, 11) is 0. The van der Waals surface area contributed by atoms with E-state index in [1.165, 1.54) is 0 Å². The minimum absolute atomic E-state index is 0.0156. The maximum absolute atomic E-state index is 10.7. The molecule has 2 rings (SSSR count). The number of ether oxygens (including phenoxy) is 2. The third kappa shape index (κ3) is 0.803. The van der Waals surface area contributed by atoms with Crippen LogP contribution in [0.15, 0.2) is 0 Å². The predicted molar refractivity (Wildman–Crippen MR) is 32.3 cm³/mol. The fraction of sp³-hybridized carbons (Fsp3) is 0.833. The Morgan fingerprint density at radius 2 is 2.10 bits per heavy atom. The van der Waals surface area contributed by atoms with Crippen LogP contribution in [0.4, 0.5) is 0 Å². The Kier molecular flexibility index (Phi) is 1.18. The molecule has 1 N–H and O–H groups in total. The van der Waals surface area contributed by atoms with Crippen LogP contribution in [0.5, 0.6) is 0 Å². The van der Waals surface area contributed by atoms with Gasteiger partial charge in [-0.1, -0.05) is 0 Å². The lowest BCUT2D eigenvalue weighted by atomic mass is 10.2. The van der Waals surface area contributed by atoms with E-state index in [1.807, 2.05) is 0 Å². The molecule has 2 aliphatic rings. The third-order valence-electron chi connectivity index (χ3n) is 1.80. The van der Waals surface area contributed by atoms with E-state index in [-0.39, 0.29) is 5.91 Å². The van der Waals surface area contributed by atoms with Crippen molar-refractivity contribution >= 4 is 5.91 Å². The molecule has 2 heterocycles. The first-order chi connectivity index (χ1) is 4.81. The number of carbonyl (C=O) groups excluding carboxylic acids is 1. The molecule has 0 aromatic carbocycles. The summed E-state index contributed by atoms with van der Waals surface area (Å²) >= 11 is 0. The molecule has 0 bridgehead atoms. The minimum Gasteiger partial charge on any atom is -0.350 e. The van der Waals surface area contributed by atoms with E-state index in [0.717, 1.165) is 0 Å². The fourth-order valence-corrected chi connectivity index (χ4v) is 1.30. The molecular weight excluding hydrogens is 134 g/mol. The zero-order valence-corrected chi connectivity index (χ0v) is 5.55. The van der Waals surface area contributed by atoms with E-state index in [9.17, 15) is 4.79 Å². The van der Waals surface area contributed by atoms with E-state index < -0.39 is 5.79 Å². The molecule has 1 spiro atoms. The van der Waals surface area contributed by atoms with Crippen LogP contribution < -0.4 is 5.32 Å². The number of amides is 1. The van der Waals surface area contributed by atoms with Crippen molar-refractivity contribution in [3.05, 3.63) is 0 Å². The number of rotatable bonds is 0. The molecule has 0 aromatic heterocycles. The second-order valence-corrected chi connectivity index (χ2v) is 2.56. The second kappa shape index (κ2) is 1.93. The summed E-state index contributed by atoms with van der Waals surface area (Å²) in [5, 5.41) is 2.66. The van der Waals surface area contributed by atoms with E-state index in [0.29, 0.717) is 26.2 Å². The van der Waals surface area contributed by atoms with Gasteiger partial charge in [-0.05, 0) is 0 Å². The van der Waals surface area contributed by atoms with Crippen molar-refractivity contribution in [2.45, 2.75) is 12.2 Å². The number of carbonyl (C=O) groups is 1. The Balaban J connectivity index is 2.09. The van der Waals surface area contributed by atoms with Gasteiger partial charge in [-0.25, -0.2) is 0 Å². The summed E-state index contributed by atoms with van der Waals surface area (Å²) in [6, 6.07) is 0. The first kappa shape index (κ1) is 6.12. The molecule has 0 radical (unpaired) electrons. The quantitative estimate of drug-likeness (QED) is 0.485. The van der Waals surface area contributed by atoms with Crippen LogP contribution in [0.3, 0.4) is 0 Å². The minimum atomic E-state index is -0.600. The first-order valence-electron chi connectivity index (χ1n) is 3.35. The van der Waals surface area contributed by atoms with Crippen LogP contribution >= 0.6 is 0 Å². The van der Waals surface area contributed by atoms with E-state index in [4.69, 9.17) is 9.47 Å². The topological polar surface area (TPSA) is 47.6 Å². The summed E-state index contributed by atoms with van der Waals surface area (Å²) in [5.74, 6) is -0.584. The van der Waals surface area contributed by atoms with Gasteiger partial charge >= 0.3 is 0 Å². The molecule has 4 nitrogen and oxygen atoms in total. The van der Waals surface area contributed by atoms with E-state index >= 15 is 0 Å². The van der Waals surface area contributed by atoms with Gasteiger partial charge in [0.05, 0.1) is 26.2 Å². The average molecular weight is 143 g/mol. The molecule has 10 heavy (non-hydrogen) atoms. The Hall–Kier alpha value is -0.610. The van der Waals surface area contributed by atoms with Crippen molar-refractivity contribution in [1.82, 2.24) is 5.32 Å². The molecule has 2 aliphatic heterocycles. The van der Waals surface area contributed by atoms with Gasteiger partial charge in [-0.15, -0.1) is 0 Å². The highest BCUT2D eigenvalue weighted by atomic mass is 16.7. The van der Waals surface area contributed by atoms with Crippen molar-refractivity contribution in [2.75, 3.05) is 19.8 Å². The van der Waals surface area contributed by atoms with Crippen LogP contribution in [-0.2, 0) is 14.3 Å². The Morgan fingerprint density at radius 1 is 1.40 bits per heavy atom. The summed E-state index contributed by atoms with van der Waals surface area (Å²) in [6.45, 7) is 1.72. The van der Waals surface area contributed by atoms with Crippen LogP contribution in [0, 0.1) is 0 Å². The highest BCUT2D eigenvalue weighted by molar-refractivity contribution is 5.79. The second-order valence-electron chi connectivity index (χ2n) is 2.56. The van der Waals surface area contributed by atoms with Gasteiger partial charge in [0, 0.05) is 0 Å². The smallest absolute Gasteiger partial charge is 0.225 e. The highest BCUT2D eigenvalue weighted by Crippen LogP contribution is 2.25. The van der Waals surface area contributed by atoms with E-state index in [2.05, 4.69) is 5.32 Å². The van der Waals surface area contributed by atoms with Crippen LogP contribution in [0.1, 0.15) is 6.42 Å². The molecule has 0 atom stereocenters. The molecule has 0 saturated carbocycles. The SMILES string of the molecule is O=C1CC2(CN1)OCCO2. The van der Waals surface area contributed by atoms with Crippen molar-refractivity contribution in [2.24, 2.45) is 0 Å². The van der Waals surface area contributed by atoms with Gasteiger partial charge in [0.2, 0.25) is 5.91 Å². The molecule has 2 saturated heterocycles. The van der Waals surface area contributed by atoms with Gasteiger partial charge in [-0.2, -0.15) is 0 Å². The molecule has 0 aliphatic carbocycles. The van der Waals surface area contributed by atoms with Gasteiger partial charge < -0.3 is 14.8 Å². The highest BCUT2D eigenvalue weighted by Gasteiger charge is 2.43. The van der Waals surface area contributed by atoms with Crippen molar-refractivity contribution in [1.29, 1.82) is 0 Å². The fourth-order valence-electron chi connectivity index (χ4n) is 1.30. The zero-order valence-electron chi connectivity index (χ0n) is 5.55. The number of hydrogen-bond acceptors (Lipinski definition) is 3. The zero-order chi connectivity index (χ0) is 7.03. The maximum atomic E-state index is 10.7. The molecule has 2 fully saturated rings. The average Bonchev–Trinajstić information content (AvgIpc) is 2.46. The lowest BCUT2D eigenvalue weighted by Crippen LogP contribution is -2.32. The maximum Gasteiger partial charge on any atom is 0.225 e. The van der Waals surface area contributed by atoms with Crippen LogP contribution in [0.25, 0.3) is 0 Å². The first-order valence-corrected chi connectivity index (χ1v) is 3.35. The normalized spacial score (nSPS) is 29.4. The molecule has 1 amide bonds. The lowest BCUT2D eigenvalue weighted by molar-refractivity contribution is -0.146. The Labute approximate surface area is 58.5 Å². The lowest BCUT2D eigenvalue weighted by Gasteiger charge is -2.17. The van der Waals surface area contributed by atoms with Crippen molar-refractivity contribution < 1.29 is 14.3 Å².